The minimum atomic E-state index is -1.12. The number of carboxylic acid groups (broad SMARTS) is 1. The Morgan fingerprint density at radius 3 is 2.55 bits per heavy atom. The van der Waals surface area contributed by atoms with Crippen LogP contribution in [0.15, 0.2) is 47.3 Å². The summed E-state index contributed by atoms with van der Waals surface area (Å²) < 4.78 is 13.8. The van der Waals surface area contributed by atoms with Gasteiger partial charge in [0.2, 0.25) is 5.91 Å². The summed E-state index contributed by atoms with van der Waals surface area (Å²) in [7, 11) is 0. The Balaban J connectivity index is 1.36. The van der Waals surface area contributed by atoms with E-state index in [4.69, 9.17) is 9.47 Å². The number of carbonyl (C=O) groups excluding carboxylic acids is 2. The Hall–Kier alpha value is -3.82. The summed E-state index contributed by atoms with van der Waals surface area (Å²) in [6.07, 6.45) is 10.3. The van der Waals surface area contributed by atoms with Gasteiger partial charge in [-0.2, -0.15) is 0 Å². The molecule has 1 aromatic carbocycles. The number of fused-ring (bicyclic) bond motifs is 5. The number of nitrogens with one attached hydrogen (secondary N) is 1. The van der Waals surface area contributed by atoms with E-state index in [1.165, 1.54) is 4.90 Å². The molecule has 10 nitrogen and oxygen atoms in total. The molecule has 2 aromatic rings. The van der Waals surface area contributed by atoms with Gasteiger partial charge in [0.15, 0.2) is 5.88 Å². The molecule has 3 heterocycles. The Morgan fingerprint density at radius 1 is 0.952 bits per heavy atom. The summed E-state index contributed by atoms with van der Waals surface area (Å²) in [6.45, 7) is 0.436. The zero-order valence-corrected chi connectivity index (χ0v) is 23.8. The SMILES string of the molecule is O=C1N[C@@H](C2CCCC2)C(=O)N2C[C@@H](C[C@H]2C(=O)O)Oc2cc3ccccc3c(=O)n2CC/C=C/C[C@@H]2CCC[C@H]2O1. The van der Waals surface area contributed by atoms with E-state index in [0.717, 1.165) is 56.8 Å². The highest BCUT2D eigenvalue weighted by atomic mass is 16.6. The number of carboxylic acids is 1. The molecule has 2 N–H and O–H groups in total. The molecule has 6 rings (SSSR count). The standard InChI is InChI=1S/C32H39N3O7/c36-29-24-14-6-5-12-22(24)17-27-34(29)16-7-1-2-9-20-13-8-15-26(20)42-32(40)33-28(21-10-3-4-11-21)30(37)35-19-23(41-27)18-25(35)31(38)39/h1-2,5-6,12,14,17,20-21,23,25-26,28H,3-4,7-11,13,15-16,18-19H2,(H,33,40)(H,38,39)/b2-1+/t20-,23-,25+,26-,28+/m1/s1. The first kappa shape index (κ1) is 28.3. The van der Waals surface area contributed by atoms with Crippen LogP contribution in [0.2, 0.25) is 0 Å². The molecule has 2 bridgehead atoms. The third-order valence-electron chi connectivity index (χ3n) is 9.48. The first-order valence-corrected chi connectivity index (χ1v) is 15.3. The van der Waals surface area contributed by atoms with Crippen LogP contribution in [0.3, 0.4) is 0 Å². The van der Waals surface area contributed by atoms with Crippen LogP contribution in [-0.2, 0) is 20.9 Å². The van der Waals surface area contributed by atoms with Gasteiger partial charge >= 0.3 is 12.1 Å². The largest absolute Gasteiger partial charge is 0.480 e. The van der Waals surface area contributed by atoms with E-state index in [2.05, 4.69) is 17.5 Å². The van der Waals surface area contributed by atoms with E-state index >= 15 is 0 Å². The lowest BCUT2D eigenvalue weighted by Crippen LogP contribution is -2.55. The van der Waals surface area contributed by atoms with Gasteiger partial charge in [0.05, 0.1) is 6.54 Å². The van der Waals surface area contributed by atoms with Gasteiger partial charge in [-0.3, -0.25) is 14.2 Å². The molecule has 1 saturated heterocycles. The average molecular weight is 578 g/mol. The number of ether oxygens (including phenoxy) is 2. The third kappa shape index (κ3) is 5.76. The van der Waals surface area contributed by atoms with Crippen molar-refractivity contribution in [3.05, 3.63) is 52.8 Å². The second kappa shape index (κ2) is 12.2. The van der Waals surface area contributed by atoms with Crippen molar-refractivity contribution in [2.75, 3.05) is 6.54 Å². The second-order valence-corrected chi connectivity index (χ2v) is 12.1. The first-order chi connectivity index (χ1) is 20.4. The molecule has 42 heavy (non-hydrogen) atoms. The van der Waals surface area contributed by atoms with Gasteiger partial charge in [-0.1, -0.05) is 43.2 Å². The zero-order valence-electron chi connectivity index (χ0n) is 23.8. The van der Waals surface area contributed by atoms with Crippen LogP contribution in [0.5, 0.6) is 5.88 Å². The molecule has 2 aliphatic carbocycles. The first-order valence-electron chi connectivity index (χ1n) is 15.3. The maximum Gasteiger partial charge on any atom is 0.408 e. The molecule has 5 atom stereocenters. The topological polar surface area (TPSA) is 127 Å². The van der Waals surface area contributed by atoms with Crippen LogP contribution in [-0.4, -0.2) is 63.4 Å². The number of amides is 2. The quantitative estimate of drug-likeness (QED) is 0.511. The number of hydrogen-bond donors (Lipinski definition) is 2. The molecule has 0 unspecified atom stereocenters. The summed E-state index contributed by atoms with van der Waals surface area (Å²) >= 11 is 0. The number of allylic oxidation sites excluding steroid dienone is 2. The number of aliphatic carboxylic acids is 1. The Kier molecular flexibility index (Phi) is 8.22. The average Bonchev–Trinajstić information content (AvgIpc) is 3.74. The molecular formula is C32H39N3O7. The monoisotopic (exact) mass is 577 g/mol. The molecule has 224 valence electrons. The molecular weight excluding hydrogens is 538 g/mol. The number of carbonyl (C=O) groups is 3. The van der Waals surface area contributed by atoms with Crippen molar-refractivity contribution >= 4 is 28.7 Å². The Labute approximate surface area is 244 Å². The van der Waals surface area contributed by atoms with Crippen LogP contribution >= 0.6 is 0 Å². The van der Waals surface area contributed by atoms with Gasteiger partial charge in [-0.25, -0.2) is 9.59 Å². The third-order valence-corrected chi connectivity index (χ3v) is 9.48. The number of nitrogens with zero attached hydrogens (tertiary/aromatic N) is 2. The van der Waals surface area contributed by atoms with E-state index < -0.39 is 36.2 Å². The molecule has 4 aliphatic rings. The van der Waals surface area contributed by atoms with Crippen LogP contribution in [0.25, 0.3) is 10.8 Å². The highest BCUT2D eigenvalue weighted by molar-refractivity contribution is 5.90. The number of alkyl carbamates (subject to hydrolysis) is 1. The second-order valence-electron chi connectivity index (χ2n) is 12.1. The molecule has 2 aliphatic heterocycles. The predicted molar refractivity (Wildman–Crippen MR) is 155 cm³/mol. The van der Waals surface area contributed by atoms with Crippen molar-refractivity contribution in [2.45, 2.75) is 95.0 Å². The van der Waals surface area contributed by atoms with E-state index in [-0.39, 0.29) is 36.5 Å². The Morgan fingerprint density at radius 2 is 1.74 bits per heavy atom. The lowest BCUT2D eigenvalue weighted by atomic mass is 9.96. The highest BCUT2D eigenvalue weighted by Crippen LogP contribution is 2.34. The number of aromatic nitrogens is 1. The molecule has 0 spiro atoms. The smallest absolute Gasteiger partial charge is 0.408 e. The van der Waals surface area contributed by atoms with E-state index in [1.54, 1.807) is 10.6 Å². The van der Waals surface area contributed by atoms with Gasteiger partial charge in [-0.15, -0.1) is 0 Å². The summed E-state index contributed by atoms with van der Waals surface area (Å²) in [5.41, 5.74) is -0.167. The van der Waals surface area contributed by atoms with E-state index in [1.807, 2.05) is 24.3 Å². The highest BCUT2D eigenvalue weighted by Gasteiger charge is 2.46. The molecule has 1 aromatic heterocycles. The maximum atomic E-state index is 14.0. The minimum Gasteiger partial charge on any atom is -0.480 e. The maximum absolute atomic E-state index is 14.0. The summed E-state index contributed by atoms with van der Waals surface area (Å²) in [4.78, 5) is 54.4. The van der Waals surface area contributed by atoms with E-state index in [9.17, 15) is 24.3 Å². The van der Waals surface area contributed by atoms with Crippen molar-refractivity contribution in [3.63, 3.8) is 0 Å². The van der Waals surface area contributed by atoms with Gasteiger partial charge in [-0.05, 0) is 68.2 Å². The fourth-order valence-corrected chi connectivity index (χ4v) is 7.28. The van der Waals surface area contributed by atoms with Crippen LogP contribution in [0, 0.1) is 11.8 Å². The molecule has 10 heteroatoms. The van der Waals surface area contributed by atoms with Gasteiger partial charge < -0.3 is 24.8 Å². The lowest BCUT2D eigenvalue weighted by Gasteiger charge is -2.31. The Bertz CT molecular complexity index is 1430. The summed E-state index contributed by atoms with van der Waals surface area (Å²) in [6, 6.07) is 7.19. The number of benzene rings is 1. The molecule has 2 saturated carbocycles. The molecule has 0 radical (unpaired) electrons. The molecule has 2 amide bonds. The number of rotatable bonds is 2. The van der Waals surface area contributed by atoms with Gasteiger partial charge in [0.1, 0.15) is 24.3 Å². The predicted octanol–water partition coefficient (Wildman–Crippen LogP) is 4.24. The normalized spacial score (nSPS) is 30.0. The van der Waals surface area contributed by atoms with Crippen molar-refractivity contribution < 1.29 is 29.0 Å². The fourth-order valence-electron chi connectivity index (χ4n) is 7.28. The van der Waals surface area contributed by atoms with Gasteiger partial charge in [0.25, 0.3) is 5.56 Å². The van der Waals surface area contributed by atoms with Crippen molar-refractivity contribution in [2.24, 2.45) is 11.8 Å². The van der Waals surface area contributed by atoms with Crippen molar-refractivity contribution in [3.8, 4) is 5.88 Å². The summed E-state index contributed by atoms with van der Waals surface area (Å²) in [5, 5.41) is 14.3. The van der Waals surface area contributed by atoms with Crippen LogP contribution < -0.4 is 15.6 Å². The lowest BCUT2D eigenvalue weighted by molar-refractivity contribution is -0.149. The van der Waals surface area contributed by atoms with Crippen LogP contribution in [0.4, 0.5) is 4.79 Å². The number of hydrogen-bond acceptors (Lipinski definition) is 6. The van der Waals surface area contributed by atoms with Crippen molar-refractivity contribution in [1.29, 1.82) is 0 Å². The van der Waals surface area contributed by atoms with Crippen molar-refractivity contribution in [1.82, 2.24) is 14.8 Å². The summed E-state index contributed by atoms with van der Waals surface area (Å²) in [5.74, 6) is -1.08. The number of pyridine rings is 1. The molecule has 3 fully saturated rings. The fraction of sp³-hybridized carbons (Fsp3) is 0.562. The van der Waals surface area contributed by atoms with E-state index in [0.29, 0.717) is 24.2 Å². The zero-order chi connectivity index (χ0) is 29.2. The minimum absolute atomic E-state index is 0.0430. The van der Waals surface area contributed by atoms with Crippen LogP contribution in [0.1, 0.15) is 64.2 Å². The van der Waals surface area contributed by atoms with Gasteiger partial charge in [0, 0.05) is 24.4 Å².